The lowest BCUT2D eigenvalue weighted by Crippen LogP contribution is -2.34. The summed E-state index contributed by atoms with van der Waals surface area (Å²) in [4.78, 5) is 19.2. The molecule has 9 heteroatoms. The summed E-state index contributed by atoms with van der Waals surface area (Å²) < 4.78 is 11.5. The smallest absolute Gasteiger partial charge is 0.266 e. The fourth-order valence-electron chi connectivity index (χ4n) is 5.30. The van der Waals surface area contributed by atoms with Crippen molar-refractivity contribution < 1.29 is 24.3 Å². The molecule has 1 aliphatic heterocycles. The van der Waals surface area contributed by atoms with Crippen molar-refractivity contribution in [2.24, 2.45) is 11.3 Å². The Balaban J connectivity index is 1.14. The van der Waals surface area contributed by atoms with Gasteiger partial charge in [-0.1, -0.05) is 13.8 Å². The molecule has 3 N–H and O–H groups in total. The Morgan fingerprint density at radius 1 is 1.31 bits per heavy atom. The van der Waals surface area contributed by atoms with E-state index in [-0.39, 0.29) is 19.1 Å². The van der Waals surface area contributed by atoms with Gasteiger partial charge in [0.2, 0.25) is 5.89 Å². The van der Waals surface area contributed by atoms with E-state index in [2.05, 4.69) is 34.2 Å². The molecule has 2 heterocycles. The van der Waals surface area contributed by atoms with Crippen molar-refractivity contribution in [3.8, 4) is 5.75 Å². The topological polar surface area (TPSA) is 121 Å². The molecule has 0 radical (unpaired) electrons. The summed E-state index contributed by atoms with van der Waals surface area (Å²) in [6.45, 7) is 8.61. The van der Waals surface area contributed by atoms with Gasteiger partial charge < -0.3 is 29.7 Å². The number of hydrogen-bond donors (Lipinski definition) is 3. The Kier molecular flexibility index (Phi) is 8.51. The van der Waals surface area contributed by atoms with E-state index < -0.39 is 6.10 Å². The highest BCUT2D eigenvalue weighted by molar-refractivity contribution is 5.95. The molecule has 1 amide bonds. The Morgan fingerprint density at radius 2 is 2.06 bits per heavy atom. The molecule has 1 aromatic carbocycles. The molecule has 4 rings (SSSR count). The molecule has 0 bridgehead atoms. The second kappa shape index (κ2) is 11.6. The lowest BCUT2D eigenvalue weighted by atomic mass is 9.64. The maximum absolute atomic E-state index is 12.3. The molecular weight excluding hydrogens is 460 g/mol. The lowest BCUT2D eigenvalue weighted by molar-refractivity contribution is 0.0801. The summed E-state index contributed by atoms with van der Waals surface area (Å²) in [6.07, 6.45) is 5.62. The Bertz CT molecular complexity index is 1010. The SMILES string of the molecule is Cc1cc(OCCCC2CCN(c3noc(C4CC(C)(C)C4)n3)CC2)ccc1C(=O)NC[C@H](O)CO. The third-order valence-corrected chi connectivity index (χ3v) is 7.45. The van der Waals surface area contributed by atoms with E-state index in [1.165, 1.54) is 0 Å². The first-order valence-electron chi connectivity index (χ1n) is 13.1. The Hall–Kier alpha value is -2.65. The van der Waals surface area contributed by atoms with Crippen LogP contribution in [0.25, 0.3) is 0 Å². The molecule has 1 saturated carbocycles. The molecule has 2 aromatic rings. The average molecular weight is 501 g/mol. The van der Waals surface area contributed by atoms with Crippen molar-refractivity contribution in [3.63, 3.8) is 0 Å². The van der Waals surface area contributed by atoms with Gasteiger partial charge in [-0.2, -0.15) is 4.98 Å². The summed E-state index contributed by atoms with van der Waals surface area (Å²) in [5, 5.41) is 25.1. The van der Waals surface area contributed by atoms with Crippen LogP contribution in [0.4, 0.5) is 5.95 Å². The molecule has 2 aliphatic rings. The van der Waals surface area contributed by atoms with Gasteiger partial charge >= 0.3 is 0 Å². The first-order chi connectivity index (χ1) is 17.2. The van der Waals surface area contributed by atoms with Crippen molar-refractivity contribution in [2.45, 2.75) is 71.3 Å². The van der Waals surface area contributed by atoms with Crippen LogP contribution in [0.1, 0.15) is 80.1 Å². The Labute approximate surface area is 213 Å². The van der Waals surface area contributed by atoms with Gasteiger partial charge in [-0.15, -0.1) is 0 Å². The monoisotopic (exact) mass is 500 g/mol. The predicted molar refractivity (Wildman–Crippen MR) is 136 cm³/mol. The van der Waals surface area contributed by atoms with Crippen LogP contribution in [0.3, 0.4) is 0 Å². The van der Waals surface area contributed by atoms with Crippen LogP contribution >= 0.6 is 0 Å². The molecule has 1 aliphatic carbocycles. The number of benzene rings is 1. The number of aromatic nitrogens is 2. The van der Waals surface area contributed by atoms with Gasteiger partial charge in [-0.05, 0) is 85.7 Å². The molecule has 0 unspecified atom stereocenters. The van der Waals surface area contributed by atoms with E-state index >= 15 is 0 Å². The first-order valence-corrected chi connectivity index (χ1v) is 13.1. The number of hydrogen-bond acceptors (Lipinski definition) is 8. The fourth-order valence-corrected chi connectivity index (χ4v) is 5.30. The van der Waals surface area contributed by atoms with Crippen LogP contribution in [-0.2, 0) is 0 Å². The first kappa shape index (κ1) is 26.4. The molecule has 198 valence electrons. The third kappa shape index (κ3) is 6.76. The van der Waals surface area contributed by atoms with Gasteiger partial charge in [0.05, 0.1) is 19.3 Å². The summed E-state index contributed by atoms with van der Waals surface area (Å²) in [5.41, 5.74) is 1.73. The van der Waals surface area contributed by atoms with Gasteiger partial charge in [0.1, 0.15) is 5.75 Å². The van der Waals surface area contributed by atoms with E-state index in [1.807, 2.05) is 13.0 Å². The average Bonchev–Trinajstić information content (AvgIpc) is 3.34. The molecule has 1 aromatic heterocycles. The summed E-state index contributed by atoms with van der Waals surface area (Å²) in [7, 11) is 0. The summed E-state index contributed by atoms with van der Waals surface area (Å²) in [5.74, 6) is 3.10. The van der Waals surface area contributed by atoms with Crippen LogP contribution in [0.2, 0.25) is 0 Å². The van der Waals surface area contributed by atoms with Crippen molar-refractivity contribution in [2.75, 3.05) is 37.7 Å². The van der Waals surface area contributed by atoms with Crippen LogP contribution in [0.15, 0.2) is 22.7 Å². The van der Waals surface area contributed by atoms with Gasteiger partial charge in [0, 0.05) is 31.1 Å². The predicted octanol–water partition coefficient (Wildman–Crippen LogP) is 3.44. The number of piperidine rings is 1. The normalized spacial score (nSPS) is 19.1. The minimum absolute atomic E-state index is 0.0149. The van der Waals surface area contributed by atoms with Gasteiger partial charge in [0.15, 0.2) is 0 Å². The standard InChI is InChI=1S/C27H40N4O5/c1-18-13-22(6-7-23(18)24(34)28-16-21(33)17-32)35-12-4-5-19-8-10-31(11-9-19)26-29-25(36-30-26)20-14-27(2,3)15-20/h6-7,13,19-21,32-33H,4-5,8-12,14-17H2,1-3H3,(H,28,34)/t21-/m0/s1. The number of aliphatic hydroxyl groups is 2. The van der Waals surface area contributed by atoms with Crippen LogP contribution in [-0.4, -0.2) is 65.2 Å². The third-order valence-electron chi connectivity index (χ3n) is 7.45. The van der Waals surface area contributed by atoms with E-state index in [0.29, 0.717) is 29.4 Å². The van der Waals surface area contributed by atoms with Crippen LogP contribution in [0.5, 0.6) is 5.75 Å². The van der Waals surface area contributed by atoms with E-state index in [9.17, 15) is 9.90 Å². The molecule has 1 atom stereocenters. The fraction of sp³-hybridized carbons (Fsp3) is 0.667. The largest absolute Gasteiger partial charge is 0.494 e. The second-order valence-electron chi connectivity index (χ2n) is 11.1. The van der Waals surface area contributed by atoms with Crippen molar-refractivity contribution in [3.05, 3.63) is 35.2 Å². The van der Waals surface area contributed by atoms with E-state index in [0.717, 1.165) is 74.8 Å². The summed E-state index contributed by atoms with van der Waals surface area (Å²) in [6, 6.07) is 5.39. The number of aliphatic hydroxyl groups excluding tert-OH is 2. The second-order valence-corrected chi connectivity index (χ2v) is 11.1. The quantitative estimate of drug-likeness (QED) is 0.401. The summed E-state index contributed by atoms with van der Waals surface area (Å²) >= 11 is 0. The van der Waals surface area contributed by atoms with Gasteiger partial charge in [0.25, 0.3) is 11.9 Å². The zero-order chi connectivity index (χ0) is 25.7. The number of carbonyl (C=O) groups is 1. The maximum atomic E-state index is 12.3. The number of aryl methyl sites for hydroxylation is 1. The molecule has 9 nitrogen and oxygen atoms in total. The van der Waals surface area contributed by atoms with Crippen molar-refractivity contribution in [1.82, 2.24) is 15.5 Å². The number of anilines is 1. The van der Waals surface area contributed by atoms with Crippen LogP contribution in [0, 0.1) is 18.3 Å². The van der Waals surface area contributed by atoms with Gasteiger partial charge in [-0.25, -0.2) is 0 Å². The highest BCUT2D eigenvalue weighted by Crippen LogP contribution is 2.50. The molecule has 0 spiro atoms. The van der Waals surface area contributed by atoms with Gasteiger partial charge in [-0.3, -0.25) is 4.79 Å². The van der Waals surface area contributed by atoms with Crippen molar-refractivity contribution >= 4 is 11.9 Å². The molecule has 36 heavy (non-hydrogen) atoms. The minimum Gasteiger partial charge on any atom is -0.494 e. The lowest BCUT2D eigenvalue weighted by Gasteiger charge is -2.40. The minimum atomic E-state index is -0.958. The van der Waals surface area contributed by atoms with E-state index in [4.69, 9.17) is 14.4 Å². The number of ether oxygens (including phenoxy) is 1. The zero-order valence-corrected chi connectivity index (χ0v) is 21.7. The molecular formula is C27H40N4O5. The maximum Gasteiger partial charge on any atom is 0.266 e. The number of carbonyl (C=O) groups excluding carboxylic acids is 1. The number of nitrogens with zero attached hydrogens (tertiary/aromatic N) is 3. The van der Waals surface area contributed by atoms with Crippen LogP contribution < -0.4 is 15.0 Å². The molecule has 2 fully saturated rings. The number of amides is 1. The Morgan fingerprint density at radius 3 is 2.72 bits per heavy atom. The highest BCUT2D eigenvalue weighted by atomic mass is 16.5. The zero-order valence-electron chi connectivity index (χ0n) is 21.7. The van der Waals surface area contributed by atoms with Crippen molar-refractivity contribution in [1.29, 1.82) is 0 Å². The number of rotatable bonds is 11. The van der Waals surface area contributed by atoms with E-state index in [1.54, 1.807) is 12.1 Å². The highest BCUT2D eigenvalue weighted by Gasteiger charge is 2.40. The number of nitrogens with one attached hydrogen (secondary N) is 1. The molecule has 1 saturated heterocycles.